The minimum absolute atomic E-state index is 0.0754. The zero-order valence-electron chi connectivity index (χ0n) is 16.7. The van der Waals surface area contributed by atoms with Gasteiger partial charge in [-0.1, -0.05) is 24.6 Å². The number of hydrogen-bond acceptors (Lipinski definition) is 3. The maximum atomic E-state index is 13.0. The molecule has 4 heterocycles. The summed E-state index contributed by atoms with van der Waals surface area (Å²) in [5, 5.41) is 4.29. The zero-order chi connectivity index (χ0) is 19.8. The highest BCUT2D eigenvalue weighted by Crippen LogP contribution is 2.24. The smallest absolute Gasteiger partial charge is 0.253 e. The number of pyridine rings is 1. The number of aryl methyl sites for hydroxylation is 3. The molecule has 0 atom stereocenters. The molecule has 0 radical (unpaired) electrons. The number of imidazole rings is 1. The van der Waals surface area contributed by atoms with Crippen molar-refractivity contribution in [2.24, 2.45) is 0 Å². The topological polar surface area (TPSA) is 75.6 Å². The molecular formula is C23H25N5O. The number of nitrogens with one attached hydrogen (secondary N) is 2. The van der Waals surface area contributed by atoms with E-state index >= 15 is 0 Å². The second-order valence-electron chi connectivity index (χ2n) is 7.84. The summed E-state index contributed by atoms with van der Waals surface area (Å²) < 4.78 is 2.21. The fourth-order valence-electron chi connectivity index (χ4n) is 4.33. The number of H-pyrrole nitrogens is 1. The van der Waals surface area contributed by atoms with Crippen LogP contribution in [0.5, 0.6) is 0 Å². The first-order valence-corrected chi connectivity index (χ1v) is 10.4. The van der Waals surface area contributed by atoms with Gasteiger partial charge in [0.25, 0.3) is 5.91 Å². The van der Waals surface area contributed by atoms with Crippen molar-refractivity contribution in [3.8, 4) is 0 Å². The molecule has 0 spiro atoms. The summed E-state index contributed by atoms with van der Waals surface area (Å²) in [4.78, 5) is 25.8. The Kier molecular flexibility index (Phi) is 4.54. The number of carbonyl (C=O) groups excluding carboxylic acids is 1. The Morgan fingerprint density at radius 1 is 1.21 bits per heavy atom. The fourth-order valence-corrected chi connectivity index (χ4v) is 4.33. The molecule has 0 saturated carbocycles. The first kappa shape index (κ1) is 17.9. The predicted molar refractivity (Wildman–Crippen MR) is 114 cm³/mol. The zero-order valence-corrected chi connectivity index (χ0v) is 16.7. The number of rotatable bonds is 4. The standard InChI is InChI=1S/C23H25N5O/c1-15-13-18(21-22(26-15)28-12-6-2-3-9-20(28)27-21)23(29)24-11-10-16-14-25-19-8-5-4-7-17(16)19/h4-5,7-8,13-14,25H,2-3,6,9-12H2,1H3,(H,24,29). The summed E-state index contributed by atoms with van der Waals surface area (Å²) in [6.45, 7) is 3.46. The SMILES string of the molecule is Cc1cc(C(=O)NCCc2c[nH]c3ccccc23)c2nc3n(c2n1)CCCCC3. The number of fused-ring (bicyclic) bond motifs is 4. The molecule has 0 saturated heterocycles. The maximum absolute atomic E-state index is 13.0. The molecule has 1 aliphatic rings. The van der Waals surface area contributed by atoms with Crippen LogP contribution in [-0.4, -0.2) is 32.0 Å². The van der Waals surface area contributed by atoms with Gasteiger partial charge in [0.1, 0.15) is 11.3 Å². The molecule has 148 valence electrons. The number of carbonyl (C=O) groups is 1. The number of aromatic amines is 1. The summed E-state index contributed by atoms with van der Waals surface area (Å²) in [5.41, 5.74) is 5.41. The quantitative estimate of drug-likeness (QED) is 0.557. The number of nitrogens with zero attached hydrogens (tertiary/aromatic N) is 3. The van der Waals surface area contributed by atoms with Gasteiger partial charge in [-0.05, 0) is 43.9 Å². The van der Waals surface area contributed by atoms with Gasteiger partial charge in [0.05, 0.1) is 5.56 Å². The van der Waals surface area contributed by atoms with E-state index in [1.54, 1.807) is 0 Å². The summed E-state index contributed by atoms with van der Waals surface area (Å²) in [7, 11) is 0. The van der Waals surface area contributed by atoms with E-state index in [0.29, 0.717) is 12.1 Å². The molecule has 1 amide bonds. The van der Waals surface area contributed by atoms with E-state index in [0.717, 1.165) is 60.4 Å². The Morgan fingerprint density at radius 2 is 2.10 bits per heavy atom. The third-order valence-electron chi connectivity index (χ3n) is 5.79. The molecule has 1 aliphatic heterocycles. The summed E-state index contributed by atoms with van der Waals surface area (Å²) in [6, 6.07) is 10.1. The highest BCUT2D eigenvalue weighted by molar-refractivity contribution is 6.04. The average Bonchev–Trinajstić information content (AvgIpc) is 3.20. The molecule has 0 aliphatic carbocycles. The molecule has 6 heteroatoms. The molecule has 0 bridgehead atoms. The molecule has 0 unspecified atom stereocenters. The van der Waals surface area contributed by atoms with Crippen molar-refractivity contribution in [3.05, 3.63) is 59.2 Å². The van der Waals surface area contributed by atoms with Crippen molar-refractivity contribution in [2.45, 2.75) is 45.6 Å². The first-order chi connectivity index (χ1) is 14.2. The van der Waals surface area contributed by atoms with Crippen LogP contribution >= 0.6 is 0 Å². The van der Waals surface area contributed by atoms with Crippen molar-refractivity contribution < 1.29 is 4.79 Å². The van der Waals surface area contributed by atoms with E-state index in [1.807, 2.05) is 31.3 Å². The monoisotopic (exact) mass is 387 g/mol. The summed E-state index contributed by atoms with van der Waals surface area (Å²) in [6.07, 6.45) is 7.27. The van der Waals surface area contributed by atoms with Crippen molar-refractivity contribution in [1.29, 1.82) is 0 Å². The molecule has 6 nitrogen and oxygen atoms in total. The Labute approximate surface area is 169 Å². The minimum atomic E-state index is -0.0754. The lowest BCUT2D eigenvalue weighted by atomic mass is 10.1. The van der Waals surface area contributed by atoms with Crippen LogP contribution in [-0.2, 0) is 19.4 Å². The number of aromatic nitrogens is 4. The van der Waals surface area contributed by atoms with Crippen LogP contribution in [0.3, 0.4) is 0 Å². The third-order valence-corrected chi connectivity index (χ3v) is 5.79. The minimum Gasteiger partial charge on any atom is -0.361 e. The number of benzene rings is 1. The molecule has 29 heavy (non-hydrogen) atoms. The van der Waals surface area contributed by atoms with E-state index in [1.165, 1.54) is 17.4 Å². The van der Waals surface area contributed by atoms with Crippen molar-refractivity contribution >= 4 is 28.0 Å². The molecule has 5 rings (SSSR count). The van der Waals surface area contributed by atoms with Gasteiger partial charge in [0, 0.05) is 42.3 Å². The highest BCUT2D eigenvalue weighted by Gasteiger charge is 2.20. The lowest BCUT2D eigenvalue weighted by Crippen LogP contribution is -2.26. The molecule has 4 aromatic rings. The largest absolute Gasteiger partial charge is 0.361 e. The first-order valence-electron chi connectivity index (χ1n) is 10.4. The van der Waals surface area contributed by atoms with Crippen LogP contribution in [0.25, 0.3) is 22.1 Å². The molecule has 0 fully saturated rings. The van der Waals surface area contributed by atoms with Crippen LogP contribution in [0.2, 0.25) is 0 Å². The van der Waals surface area contributed by atoms with Crippen LogP contribution in [0.1, 0.15) is 46.7 Å². The van der Waals surface area contributed by atoms with Gasteiger partial charge in [-0.2, -0.15) is 0 Å². The Hall–Kier alpha value is -3.15. The second kappa shape index (κ2) is 7.35. The number of para-hydroxylation sites is 1. The second-order valence-corrected chi connectivity index (χ2v) is 7.84. The molecule has 3 aromatic heterocycles. The van der Waals surface area contributed by atoms with Gasteiger partial charge in [-0.15, -0.1) is 0 Å². The van der Waals surface area contributed by atoms with E-state index in [-0.39, 0.29) is 5.91 Å². The average molecular weight is 387 g/mol. The van der Waals surface area contributed by atoms with E-state index < -0.39 is 0 Å². The summed E-state index contributed by atoms with van der Waals surface area (Å²) in [5.74, 6) is 0.983. The van der Waals surface area contributed by atoms with E-state index in [9.17, 15) is 4.79 Å². The van der Waals surface area contributed by atoms with Crippen LogP contribution in [0.15, 0.2) is 36.5 Å². The van der Waals surface area contributed by atoms with E-state index in [4.69, 9.17) is 9.97 Å². The molecule has 2 N–H and O–H groups in total. The van der Waals surface area contributed by atoms with Crippen LogP contribution in [0, 0.1) is 6.92 Å². The van der Waals surface area contributed by atoms with Gasteiger partial charge >= 0.3 is 0 Å². The molecular weight excluding hydrogens is 362 g/mol. The maximum Gasteiger partial charge on any atom is 0.253 e. The number of hydrogen-bond donors (Lipinski definition) is 2. The van der Waals surface area contributed by atoms with Gasteiger partial charge in [-0.3, -0.25) is 4.79 Å². The van der Waals surface area contributed by atoms with Crippen molar-refractivity contribution in [3.63, 3.8) is 0 Å². The number of amides is 1. The Balaban J connectivity index is 1.38. The fraction of sp³-hybridized carbons (Fsp3) is 0.348. The van der Waals surface area contributed by atoms with Gasteiger partial charge in [-0.25, -0.2) is 9.97 Å². The van der Waals surface area contributed by atoms with Gasteiger partial charge in [0.15, 0.2) is 5.65 Å². The lowest BCUT2D eigenvalue weighted by molar-refractivity contribution is 0.0955. The molecule has 1 aromatic carbocycles. The van der Waals surface area contributed by atoms with Gasteiger partial charge in [0.2, 0.25) is 0 Å². The Bertz CT molecular complexity index is 1200. The third kappa shape index (κ3) is 3.28. The lowest BCUT2D eigenvalue weighted by Gasteiger charge is -2.08. The van der Waals surface area contributed by atoms with E-state index in [2.05, 4.69) is 27.0 Å². The van der Waals surface area contributed by atoms with Crippen LogP contribution in [0.4, 0.5) is 0 Å². The highest BCUT2D eigenvalue weighted by atomic mass is 16.1. The van der Waals surface area contributed by atoms with Crippen molar-refractivity contribution in [2.75, 3.05) is 6.54 Å². The summed E-state index contributed by atoms with van der Waals surface area (Å²) >= 11 is 0. The van der Waals surface area contributed by atoms with Crippen LogP contribution < -0.4 is 5.32 Å². The van der Waals surface area contributed by atoms with Crippen molar-refractivity contribution in [1.82, 2.24) is 24.8 Å². The van der Waals surface area contributed by atoms with Gasteiger partial charge < -0.3 is 14.9 Å². The predicted octanol–water partition coefficient (Wildman–Crippen LogP) is 3.92. The normalized spacial score (nSPS) is 14.1. The Morgan fingerprint density at radius 3 is 3.03 bits per heavy atom.